The average Bonchev–Trinajstić information content (AvgIpc) is 2.41. The topological polar surface area (TPSA) is 43.4 Å². The Morgan fingerprint density at radius 2 is 2.11 bits per heavy atom. The molecule has 0 amide bonds. The Morgan fingerprint density at radius 1 is 1.39 bits per heavy atom. The molecule has 18 heavy (non-hydrogen) atoms. The number of methoxy groups -OCH3 is 1. The number of benzene rings is 1. The summed E-state index contributed by atoms with van der Waals surface area (Å²) in [6.07, 6.45) is 4.97. The van der Waals surface area contributed by atoms with Crippen molar-refractivity contribution in [2.45, 2.75) is 11.8 Å². The fourth-order valence-electron chi connectivity index (χ4n) is 2.37. The second-order valence-electron chi connectivity index (χ2n) is 4.17. The van der Waals surface area contributed by atoms with Crippen LogP contribution in [0.4, 0.5) is 0 Å². The van der Waals surface area contributed by atoms with Gasteiger partial charge in [0.1, 0.15) is 0 Å². The highest BCUT2D eigenvalue weighted by molar-refractivity contribution is 6.18. The van der Waals surface area contributed by atoms with Crippen molar-refractivity contribution in [1.82, 2.24) is 0 Å². The minimum atomic E-state index is -1.28. The third-order valence-corrected chi connectivity index (χ3v) is 3.24. The lowest BCUT2D eigenvalue weighted by molar-refractivity contribution is -0.150. The highest BCUT2D eigenvalue weighted by Gasteiger charge is 2.48. The minimum absolute atomic E-state index is 0.236. The molecule has 1 unspecified atom stereocenters. The quantitative estimate of drug-likeness (QED) is 0.464. The first-order valence-electron chi connectivity index (χ1n) is 5.68. The molecule has 0 aromatic heterocycles. The maximum absolute atomic E-state index is 12.2. The molecular formula is C15H14O3. The van der Waals surface area contributed by atoms with E-state index >= 15 is 0 Å². The van der Waals surface area contributed by atoms with Crippen molar-refractivity contribution in [2.24, 2.45) is 0 Å². The van der Waals surface area contributed by atoms with Crippen molar-refractivity contribution in [3.63, 3.8) is 0 Å². The fraction of sp³-hybridized carbons (Fsp3) is 0.200. The molecular weight excluding hydrogens is 228 g/mol. The van der Waals surface area contributed by atoms with Gasteiger partial charge in [-0.15, -0.1) is 6.58 Å². The molecule has 0 saturated carbocycles. The Kier molecular flexibility index (Phi) is 3.15. The molecule has 0 radical (unpaired) electrons. The molecule has 0 saturated heterocycles. The highest BCUT2D eigenvalue weighted by atomic mass is 16.5. The SMILES string of the molecule is C=CCC1(C(=O)OC)C(=O)C=Cc2ccccc21. The lowest BCUT2D eigenvalue weighted by Gasteiger charge is -2.31. The number of carbonyl (C=O) groups excluding carboxylic acids is 2. The van der Waals surface area contributed by atoms with Crippen LogP contribution in [0.3, 0.4) is 0 Å². The van der Waals surface area contributed by atoms with Crippen molar-refractivity contribution < 1.29 is 14.3 Å². The second-order valence-corrected chi connectivity index (χ2v) is 4.17. The van der Waals surface area contributed by atoms with Gasteiger partial charge in [0, 0.05) is 0 Å². The number of allylic oxidation sites excluding steroid dienone is 2. The lowest BCUT2D eigenvalue weighted by atomic mass is 9.69. The number of hydrogen-bond donors (Lipinski definition) is 0. The summed E-state index contributed by atoms with van der Waals surface area (Å²) >= 11 is 0. The first-order valence-corrected chi connectivity index (χ1v) is 5.68. The summed E-state index contributed by atoms with van der Waals surface area (Å²) in [5, 5.41) is 0. The Hall–Kier alpha value is -2.16. The van der Waals surface area contributed by atoms with E-state index in [4.69, 9.17) is 4.74 Å². The molecule has 92 valence electrons. The number of hydrogen-bond acceptors (Lipinski definition) is 3. The number of carbonyl (C=O) groups is 2. The predicted octanol–water partition coefficient (Wildman–Crippen LogP) is 2.27. The van der Waals surface area contributed by atoms with Crippen molar-refractivity contribution in [3.8, 4) is 0 Å². The Bertz CT molecular complexity index is 542. The number of ketones is 1. The molecule has 0 aliphatic heterocycles. The summed E-state index contributed by atoms with van der Waals surface area (Å²) in [7, 11) is 1.29. The van der Waals surface area contributed by atoms with Gasteiger partial charge in [0.2, 0.25) is 0 Å². The summed E-state index contributed by atoms with van der Waals surface area (Å²) in [6.45, 7) is 3.64. The number of esters is 1. The monoisotopic (exact) mass is 242 g/mol. The first-order chi connectivity index (χ1) is 8.66. The normalized spacial score (nSPS) is 21.3. The standard InChI is InChI=1S/C15H14O3/c1-3-10-15(14(17)18-2)12-7-5-4-6-11(12)8-9-13(15)16/h3-9H,1,10H2,2H3. The van der Waals surface area contributed by atoms with Gasteiger partial charge in [0.15, 0.2) is 11.2 Å². The molecule has 0 spiro atoms. The molecule has 0 heterocycles. The second kappa shape index (κ2) is 4.61. The molecule has 3 nitrogen and oxygen atoms in total. The van der Waals surface area contributed by atoms with Crippen LogP contribution in [0.1, 0.15) is 17.5 Å². The largest absolute Gasteiger partial charge is 0.468 e. The Morgan fingerprint density at radius 3 is 2.78 bits per heavy atom. The van der Waals surface area contributed by atoms with Crippen LogP contribution < -0.4 is 0 Å². The highest BCUT2D eigenvalue weighted by Crippen LogP contribution is 2.37. The summed E-state index contributed by atoms with van der Waals surface area (Å²) in [4.78, 5) is 24.4. The van der Waals surface area contributed by atoms with E-state index in [2.05, 4.69) is 6.58 Å². The smallest absolute Gasteiger partial charge is 0.324 e. The number of ether oxygens (including phenoxy) is 1. The number of rotatable bonds is 3. The third kappa shape index (κ3) is 1.59. The van der Waals surface area contributed by atoms with E-state index in [1.807, 2.05) is 18.2 Å². The van der Waals surface area contributed by atoms with Gasteiger partial charge in [-0.2, -0.15) is 0 Å². The van der Waals surface area contributed by atoms with Crippen molar-refractivity contribution in [1.29, 1.82) is 0 Å². The van der Waals surface area contributed by atoms with E-state index < -0.39 is 11.4 Å². The van der Waals surface area contributed by atoms with Crippen molar-refractivity contribution in [2.75, 3.05) is 7.11 Å². The maximum Gasteiger partial charge on any atom is 0.324 e. The lowest BCUT2D eigenvalue weighted by Crippen LogP contribution is -2.45. The molecule has 1 aromatic rings. The summed E-state index contributed by atoms with van der Waals surface area (Å²) < 4.78 is 4.83. The minimum Gasteiger partial charge on any atom is -0.468 e. The van der Waals surface area contributed by atoms with Gasteiger partial charge in [-0.1, -0.05) is 36.4 Å². The van der Waals surface area contributed by atoms with Crippen LogP contribution in [-0.4, -0.2) is 18.9 Å². The van der Waals surface area contributed by atoms with E-state index in [1.165, 1.54) is 13.2 Å². The van der Waals surface area contributed by atoms with Gasteiger partial charge in [-0.25, -0.2) is 0 Å². The predicted molar refractivity (Wildman–Crippen MR) is 69.0 cm³/mol. The molecule has 1 atom stereocenters. The van der Waals surface area contributed by atoms with E-state index in [0.717, 1.165) is 5.56 Å². The number of fused-ring (bicyclic) bond motifs is 1. The summed E-state index contributed by atoms with van der Waals surface area (Å²) in [5.41, 5.74) is 0.274. The van der Waals surface area contributed by atoms with Crippen molar-refractivity contribution in [3.05, 3.63) is 54.1 Å². The van der Waals surface area contributed by atoms with Crippen LogP contribution >= 0.6 is 0 Å². The van der Waals surface area contributed by atoms with Crippen LogP contribution in [0.15, 0.2) is 43.0 Å². The van der Waals surface area contributed by atoms with Crippen LogP contribution in [0, 0.1) is 0 Å². The van der Waals surface area contributed by atoms with E-state index in [9.17, 15) is 9.59 Å². The van der Waals surface area contributed by atoms with Gasteiger partial charge in [0.25, 0.3) is 0 Å². The molecule has 0 bridgehead atoms. The van der Waals surface area contributed by atoms with E-state index in [1.54, 1.807) is 18.2 Å². The van der Waals surface area contributed by atoms with E-state index in [0.29, 0.717) is 5.56 Å². The summed E-state index contributed by atoms with van der Waals surface area (Å²) in [5.74, 6) is -0.794. The van der Waals surface area contributed by atoms with Crippen LogP contribution in [0.2, 0.25) is 0 Å². The summed E-state index contributed by atoms with van der Waals surface area (Å²) in [6, 6.07) is 7.34. The van der Waals surface area contributed by atoms with Gasteiger partial charge >= 0.3 is 5.97 Å². The van der Waals surface area contributed by atoms with Gasteiger partial charge < -0.3 is 4.74 Å². The average molecular weight is 242 g/mol. The molecule has 1 aliphatic carbocycles. The van der Waals surface area contributed by atoms with Gasteiger partial charge in [-0.3, -0.25) is 9.59 Å². The molecule has 1 aromatic carbocycles. The fourth-order valence-corrected chi connectivity index (χ4v) is 2.37. The zero-order valence-electron chi connectivity index (χ0n) is 10.2. The first kappa shape index (κ1) is 12.3. The van der Waals surface area contributed by atoms with Crippen LogP contribution in [0.25, 0.3) is 6.08 Å². The van der Waals surface area contributed by atoms with Gasteiger partial charge in [-0.05, 0) is 23.6 Å². The molecule has 0 N–H and O–H groups in total. The van der Waals surface area contributed by atoms with Gasteiger partial charge in [0.05, 0.1) is 7.11 Å². The molecule has 1 aliphatic rings. The maximum atomic E-state index is 12.2. The molecule has 0 fully saturated rings. The van der Waals surface area contributed by atoms with Crippen LogP contribution in [-0.2, 0) is 19.7 Å². The Labute approximate surface area is 106 Å². The molecule has 2 rings (SSSR count). The zero-order valence-corrected chi connectivity index (χ0v) is 10.2. The van der Waals surface area contributed by atoms with Crippen molar-refractivity contribution >= 4 is 17.8 Å². The van der Waals surface area contributed by atoms with Crippen LogP contribution in [0.5, 0.6) is 0 Å². The Balaban J connectivity index is 2.70. The third-order valence-electron chi connectivity index (χ3n) is 3.24. The zero-order chi connectivity index (χ0) is 13.2. The molecule has 3 heteroatoms. The van der Waals surface area contributed by atoms with E-state index in [-0.39, 0.29) is 12.2 Å².